The van der Waals surface area contributed by atoms with Gasteiger partial charge in [0.15, 0.2) is 5.82 Å². The smallest absolute Gasteiger partial charge is 0.156 e. The number of para-hydroxylation sites is 1. The number of rotatable bonds is 7. The zero-order valence-electron chi connectivity index (χ0n) is 18.4. The molecule has 0 N–H and O–H groups in total. The van der Waals surface area contributed by atoms with Crippen molar-refractivity contribution < 1.29 is 4.74 Å². The van der Waals surface area contributed by atoms with E-state index < -0.39 is 0 Å². The van der Waals surface area contributed by atoms with E-state index in [0.29, 0.717) is 11.6 Å². The van der Waals surface area contributed by atoms with Crippen LogP contribution in [0.15, 0.2) is 120 Å². The van der Waals surface area contributed by atoms with Gasteiger partial charge in [-0.3, -0.25) is 0 Å². The molecule has 5 rings (SSSR count). The van der Waals surface area contributed by atoms with Crippen LogP contribution >= 0.6 is 11.6 Å². The number of halogens is 1. The number of aromatic nitrogens is 2. The zero-order chi connectivity index (χ0) is 23.2. The molecule has 5 aromatic rings. The number of hydrogen-bond donors (Lipinski definition) is 0. The Kier molecular flexibility index (Phi) is 6.50. The topological polar surface area (TPSA) is 39.4 Å². The third-order valence-electron chi connectivity index (χ3n) is 5.28. The minimum absolute atomic E-state index is 0.471. The summed E-state index contributed by atoms with van der Waals surface area (Å²) in [4.78, 5) is 4.77. The lowest BCUT2D eigenvalue weighted by atomic mass is 10.2. The van der Waals surface area contributed by atoms with Gasteiger partial charge < -0.3 is 4.74 Å². The predicted octanol–water partition coefficient (Wildman–Crippen LogP) is 7.52. The Balaban J connectivity index is 1.39. The number of benzene rings is 4. The first kappa shape index (κ1) is 21.7. The first-order valence-corrected chi connectivity index (χ1v) is 11.3. The standard InChI is InChI=1S/C29H22ClN3O/c30-25-16-14-22(15-17-25)21-34-27-13-7-8-23(18-27)20-31-29-19-28(24-9-3-1-4-10-24)32-33(29)26-11-5-2-6-12-26/h1-20H,21H2. The molecular formula is C29H22ClN3O. The normalized spacial score (nSPS) is 11.1. The van der Waals surface area contributed by atoms with Crippen molar-refractivity contribution in [3.05, 3.63) is 131 Å². The summed E-state index contributed by atoms with van der Waals surface area (Å²) in [5.41, 5.74) is 4.87. The molecule has 0 aliphatic rings. The highest BCUT2D eigenvalue weighted by atomic mass is 35.5. The summed E-state index contributed by atoms with van der Waals surface area (Å²) in [6, 6.07) is 37.7. The summed E-state index contributed by atoms with van der Waals surface area (Å²) in [5.74, 6) is 1.53. The number of ether oxygens (including phenoxy) is 1. The van der Waals surface area contributed by atoms with Gasteiger partial charge in [-0.25, -0.2) is 9.67 Å². The molecule has 0 unspecified atom stereocenters. The van der Waals surface area contributed by atoms with E-state index in [1.807, 2.05) is 126 Å². The number of nitrogens with zero attached hydrogens (tertiary/aromatic N) is 3. The van der Waals surface area contributed by atoms with E-state index in [9.17, 15) is 0 Å². The molecule has 0 atom stereocenters. The third kappa shape index (κ3) is 5.25. The highest BCUT2D eigenvalue weighted by Gasteiger charge is 2.10. The van der Waals surface area contributed by atoms with Gasteiger partial charge in [0.25, 0.3) is 0 Å². The van der Waals surface area contributed by atoms with Crippen LogP contribution in [-0.4, -0.2) is 16.0 Å². The SMILES string of the molecule is Clc1ccc(COc2cccc(C=Nc3cc(-c4ccccc4)nn3-c3ccccc3)c2)cc1. The second-order valence-corrected chi connectivity index (χ2v) is 8.18. The van der Waals surface area contributed by atoms with Crippen LogP contribution in [0.2, 0.25) is 5.02 Å². The van der Waals surface area contributed by atoms with Crippen LogP contribution in [0.1, 0.15) is 11.1 Å². The molecule has 0 saturated heterocycles. The summed E-state index contributed by atoms with van der Waals surface area (Å²) in [6.45, 7) is 0.471. The Morgan fingerprint density at radius 2 is 1.53 bits per heavy atom. The Bertz CT molecular complexity index is 1390. The minimum atomic E-state index is 0.471. The van der Waals surface area contributed by atoms with E-state index in [-0.39, 0.29) is 0 Å². The Hall–Kier alpha value is -4.15. The van der Waals surface area contributed by atoms with Crippen LogP contribution in [0, 0.1) is 0 Å². The van der Waals surface area contributed by atoms with E-state index >= 15 is 0 Å². The average Bonchev–Trinajstić information content (AvgIpc) is 3.33. The second-order valence-electron chi connectivity index (χ2n) is 7.75. The van der Waals surface area contributed by atoms with Gasteiger partial charge in [0.05, 0.1) is 11.4 Å². The van der Waals surface area contributed by atoms with Crippen molar-refractivity contribution in [3.63, 3.8) is 0 Å². The van der Waals surface area contributed by atoms with Gasteiger partial charge in [-0.1, -0.05) is 84.4 Å². The first-order valence-electron chi connectivity index (χ1n) is 11.0. The van der Waals surface area contributed by atoms with Crippen LogP contribution < -0.4 is 4.74 Å². The Labute approximate surface area is 203 Å². The second kappa shape index (κ2) is 10.2. The largest absolute Gasteiger partial charge is 0.489 e. The van der Waals surface area contributed by atoms with Crippen molar-refractivity contribution in [1.82, 2.24) is 9.78 Å². The van der Waals surface area contributed by atoms with Gasteiger partial charge in [-0.05, 0) is 47.5 Å². The molecule has 0 aliphatic heterocycles. The summed E-state index contributed by atoms with van der Waals surface area (Å²) < 4.78 is 7.82. The average molecular weight is 464 g/mol. The highest BCUT2D eigenvalue weighted by Crippen LogP contribution is 2.26. The number of hydrogen-bond acceptors (Lipinski definition) is 3. The number of aliphatic imine (C=N–C) groups is 1. The molecule has 1 heterocycles. The van der Waals surface area contributed by atoms with Crippen molar-refractivity contribution in [2.75, 3.05) is 0 Å². The van der Waals surface area contributed by atoms with E-state index in [1.165, 1.54) is 0 Å². The Morgan fingerprint density at radius 3 is 2.29 bits per heavy atom. The van der Waals surface area contributed by atoms with Gasteiger partial charge >= 0.3 is 0 Å². The lowest BCUT2D eigenvalue weighted by Crippen LogP contribution is -1.97. The maximum atomic E-state index is 5.96. The molecule has 0 fully saturated rings. The molecule has 166 valence electrons. The molecule has 5 heteroatoms. The van der Waals surface area contributed by atoms with Crippen molar-refractivity contribution in [3.8, 4) is 22.7 Å². The maximum absolute atomic E-state index is 5.96. The summed E-state index contributed by atoms with van der Waals surface area (Å²) in [7, 11) is 0. The molecule has 0 aliphatic carbocycles. The molecule has 34 heavy (non-hydrogen) atoms. The van der Waals surface area contributed by atoms with Crippen molar-refractivity contribution >= 4 is 23.6 Å². The highest BCUT2D eigenvalue weighted by molar-refractivity contribution is 6.30. The minimum Gasteiger partial charge on any atom is -0.489 e. The lowest BCUT2D eigenvalue weighted by Gasteiger charge is -2.07. The van der Waals surface area contributed by atoms with Crippen molar-refractivity contribution in [2.45, 2.75) is 6.61 Å². The quantitative estimate of drug-likeness (QED) is 0.234. The van der Waals surface area contributed by atoms with Crippen LogP contribution in [0.5, 0.6) is 5.75 Å². The lowest BCUT2D eigenvalue weighted by molar-refractivity contribution is 0.306. The van der Waals surface area contributed by atoms with Gasteiger partial charge in [0, 0.05) is 22.9 Å². The molecule has 0 radical (unpaired) electrons. The predicted molar refractivity (Wildman–Crippen MR) is 138 cm³/mol. The van der Waals surface area contributed by atoms with Gasteiger partial charge in [-0.15, -0.1) is 0 Å². The van der Waals surface area contributed by atoms with E-state index in [1.54, 1.807) is 0 Å². The van der Waals surface area contributed by atoms with Crippen molar-refractivity contribution in [2.24, 2.45) is 4.99 Å². The van der Waals surface area contributed by atoms with E-state index in [0.717, 1.165) is 39.6 Å². The van der Waals surface area contributed by atoms with Gasteiger partial charge in [0.2, 0.25) is 0 Å². The van der Waals surface area contributed by atoms with Crippen LogP contribution in [0.3, 0.4) is 0 Å². The summed E-state index contributed by atoms with van der Waals surface area (Å²) in [5, 5.41) is 5.53. The van der Waals surface area contributed by atoms with E-state index in [2.05, 4.69) is 0 Å². The first-order chi connectivity index (χ1) is 16.7. The van der Waals surface area contributed by atoms with Gasteiger partial charge in [-0.2, -0.15) is 5.10 Å². The Morgan fingerprint density at radius 1 is 0.794 bits per heavy atom. The van der Waals surface area contributed by atoms with Gasteiger partial charge in [0.1, 0.15) is 12.4 Å². The molecule has 0 bridgehead atoms. The fourth-order valence-electron chi connectivity index (χ4n) is 3.55. The van der Waals surface area contributed by atoms with E-state index in [4.69, 9.17) is 26.4 Å². The zero-order valence-corrected chi connectivity index (χ0v) is 19.1. The van der Waals surface area contributed by atoms with Crippen molar-refractivity contribution in [1.29, 1.82) is 0 Å². The summed E-state index contributed by atoms with van der Waals surface area (Å²) in [6.07, 6.45) is 1.83. The van der Waals surface area contributed by atoms with Crippen LogP contribution in [0.25, 0.3) is 16.9 Å². The summed E-state index contributed by atoms with van der Waals surface area (Å²) >= 11 is 5.96. The third-order valence-corrected chi connectivity index (χ3v) is 5.54. The fourth-order valence-corrected chi connectivity index (χ4v) is 3.67. The van der Waals surface area contributed by atoms with Crippen LogP contribution in [-0.2, 0) is 6.61 Å². The molecule has 0 amide bonds. The maximum Gasteiger partial charge on any atom is 0.156 e. The molecule has 1 aromatic heterocycles. The molecule has 0 spiro atoms. The van der Waals surface area contributed by atoms with Crippen LogP contribution in [0.4, 0.5) is 5.82 Å². The molecule has 4 aromatic carbocycles. The molecular weight excluding hydrogens is 442 g/mol. The molecule has 4 nitrogen and oxygen atoms in total. The fraction of sp³-hybridized carbons (Fsp3) is 0.0345. The molecule has 0 saturated carbocycles. The monoisotopic (exact) mass is 463 g/mol.